The van der Waals surface area contributed by atoms with Crippen LogP contribution in [0.15, 0.2) is 65.6 Å². The topological polar surface area (TPSA) is 90.1 Å². The van der Waals surface area contributed by atoms with E-state index in [2.05, 4.69) is 20.3 Å². The number of rotatable bonds is 4. The summed E-state index contributed by atoms with van der Waals surface area (Å²) in [5, 5.41) is 2.82. The van der Waals surface area contributed by atoms with E-state index in [0.29, 0.717) is 34.0 Å². The fraction of sp³-hybridized carbons (Fsp3) is 0.0526. The number of carbonyl (C=O) groups is 1. The number of carbonyl (C=O) groups excluding carboxylic acids is 1. The van der Waals surface area contributed by atoms with Gasteiger partial charge in [0.1, 0.15) is 11.3 Å². The molecule has 26 heavy (non-hydrogen) atoms. The molecule has 1 N–H and O–H groups in total. The van der Waals surface area contributed by atoms with Crippen LogP contribution in [-0.2, 0) is 0 Å². The van der Waals surface area contributed by atoms with Crippen LogP contribution < -0.4 is 10.1 Å². The van der Waals surface area contributed by atoms with Gasteiger partial charge in [-0.2, -0.15) is 0 Å². The van der Waals surface area contributed by atoms with Crippen LogP contribution in [0.5, 0.6) is 5.75 Å². The van der Waals surface area contributed by atoms with E-state index in [1.807, 2.05) is 12.1 Å². The summed E-state index contributed by atoms with van der Waals surface area (Å²) in [5.41, 5.74) is 3.07. The third kappa shape index (κ3) is 3.10. The van der Waals surface area contributed by atoms with Crippen molar-refractivity contribution in [2.24, 2.45) is 0 Å². The minimum absolute atomic E-state index is 0.285. The summed E-state index contributed by atoms with van der Waals surface area (Å²) in [6.45, 7) is 0. The largest absolute Gasteiger partial charge is 0.495 e. The Morgan fingerprint density at radius 2 is 2.04 bits per heavy atom. The first-order chi connectivity index (χ1) is 12.7. The number of methoxy groups -OCH3 is 1. The summed E-state index contributed by atoms with van der Waals surface area (Å²) >= 11 is 0. The molecular weight excluding hydrogens is 332 g/mol. The lowest BCUT2D eigenvalue weighted by Gasteiger charge is -2.06. The van der Waals surface area contributed by atoms with Crippen LogP contribution in [0, 0.1) is 0 Å². The highest BCUT2D eigenvalue weighted by Gasteiger charge is 2.11. The average Bonchev–Trinajstić information content (AvgIpc) is 3.12. The zero-order chi connectivity index (χ0) is 17.9. The van der Waals surface area contributed by atoms with Gasteiger partial charge in [-0.15, -0.1) is 0 Å². The van der Waals surface area contributed by atoms with Gasteiger partial charge in [0.2, 0.25) is 5.89 Å². The Kier molecular flexibility index (Phi) is 4.03. The van der Waals surface area contributed by atoms with E-state index in [4.69, 9.17) is 9.15 Å². The Labute approximate surface area is 148 Å². The maximum absolute atomic E-state index is 12.4. The van der Waals surface area contributed by atoms with Crippen LogP contribution >= 0.6 is 0 Å². The Morgan fingerprint density at radius 3 is 2.85 bits per heavy atom. The third-order valence-corrected chi connectivity index (χ3v) is 3.76. The monoisotopic (exact) mass is 346 g/mol. The highest BCUT2D eigenvalue weighted by atomic mass is 16.5. The summed E-state index contributed by atoms with van der Waals surface area (Å²) in [4.78, 5) is 24.9. The van der Waals surface area contributed by atoms with Gasteiger partial charge in [0.15, 0.2) is 5.58 Å². The van der Waals surface area contributed by atoms with Crippen LogP contribution in [0.2, 0.25) is 0 Å². The van der Waals surface area contributed by atoms with E-state index in [9.17, 15) is 4.79 Å². The third-order valence-electron chi connectivity index (χ3n) is 3.76. The Bertz CT molecular complexity index is 1080. The number of hydrogen-bond acceptors (Lipinski definition) is 6. The fourth-order valence-corrected chi connectivity index (χ4v) is 2.48. The highest BCUT2D eigenvalue weighted by Crippen LogP contribution is 2.26. The van der Waals surface area contributed by atoms with Gasteiger partial charge in [-0.3, -0.25) is 14.8 Å². The number of anilines is 1. The highest BCUT2D eigenvalue weighted by molar-refractivity contribution is 6.05. The molecule has 0 aliphatic heterocycles. The number of pyridine rings is 2. The van der Waals surface area contributed by atoms with Gasteiger partial charge >= 0.3 is 0 Å². The number of benzene rings is 1. The second-order valence-electron chi connectivity index (χ2n) is 5.51. The Balaban J connectivity index is 1.60. The number of amides is 1. The maximum Gasteiger partial charge on any atom is 0.257 e. The van der Waals surface area contributed by atoms with Crippen molar-refractivity contribution >= 4 is 22.7 Å². The molecule has 0 saturated heterocycles. The lowest BCUT2D eigenvalue weighted by atomic mass is 10.2. The van der Waals surface area contributed by atoms with Gasteiger partial charge in [0, 0.05) is 24.3 Å². The number of oxazole rings is 1. The van der Waals surface area contributed by atoms with Gasteiger partial charge in [0.05, 0.1) is 24.4 Å². The second-order valence-corrected chi connectivity index (χ2v) is 5.51. The molecule has 0 bridgehead atoms. The molecule has 4 aromatic rings. The predicted molar refractivity (Wildman–Crippen MR) is 96.0 cm³/mol. The molecule has 0 saturated carbocycles. The number of nitrogens with one attached hydrogen (secondary N) is 1. The molecule has 0 aliphatic carbocycles. The quantitative estimate of drug-likeness (QED) is 0.608. The first-order valence-electron chi connectivity index (χ1n) is 7.84. The number of fused-ring (bicyclic) bond motifs is 1. The van der Waals surface area contributed by atoms with Gasteiger partial charge < -0.3 is 14.5 Å². The van der Waals surface area contributed by atoms with Gasteiger partial charge in [0.25, 0.3) is 5.91 Å². The second kappa shape index (κ2) is 6.64. The molecule has 0 atom stereocenters. The van der Waals surface area contributed by atoms with E-state index in [1.54, 1.807) is 36.7 Å². The van der Waals surface area contributed by atoms with Crippen LogP contribution in [0.1, 0.15) is 10.4 Å². The van der Waals surface area contributed by atoms with Crippen molar-refractivity contribution in [2.45, 2.75) is 0 Å². The van der Waals surface area contributed by atoms with Crippen molar-refractivity contribution < 1.29 is 13.9 Å². The SMILES string of the molecule is COc1cncc(C(=O)Nc2ccc3oc(-c4cccnc4)nc3c2)c1. The predicted octanol–water partition coefficient (Wildman–Crippen LogP) is 3.55. The van der Waals surface area contributed by atoms with Gasteiger partial charge in [-0.25, -0.2) is 4.98 Å². The molecule has 7 heteroatoms. The summed E-state index contributed by atoms with van der Waals surface area (Å²) in [7, 11) is 1.52. The van der Waals surface area contributed by atoms with E-state index in [1.165, 1.54) is 19.5 Å². The number of ether oxygens (including phenoxy) is 1. The normalized spacial score (nSPS) is 10.7. The fourth-order valence-electron chi connectivity index (χ4n) is 2.48. The van der Waals surface area contributed by atoms with Crippen molar-refractivity contribution in [3.8, 4) is 17.2 Å². The number of nitrogens with zero attached hydrogens (tertiary/aromatic N) is 3. The minimum Gasteiger partial charge on any atom is -0.495 e. The Hall–Kier alpha value is -3.74. The summed E-state index contributed by atoms with van der Waals surface area (Å²) in [5.74, 6) is 0.714. The number of aromatic nitrogens is 3. The zero-order valence-electron chi connectivity index (χ0n) is 13.8. The van der Waals surface area contributed by atoms with Crippen LogP contribution in [0.3, 0.4) is 0 Å². The molecule has 0 radical (unpaired) electrons. The van der Waals surface area contributed by atoms with Crippen molar-refractivity contribution in [3.63, 3.8) is 0 Å². The Morgan fingerprint density at radius 1 is 1.12 bits per heavy atom. The van der Waals surface area contributed by atoms with Gasteiger partial charge in [-0.1, -0.05) is 0 Å². The molecule has 128 valence electrons. The van der Waals surface area contributed by atoms with Crippen molar-refractivity contribution in [1.82, 2.24) is 15.0 Å². The molecule has 0 unspecified atom stereocenters. The molecule has 1 aromatic carbocycles. The van der Waals surface area contributed by atoms with E-state index >= 15 is 0 Å². The number of hydrogen-bond donors (Lipinski definition) is 1. The van der Waals surface area contributed by atoms with E-state index in [-0.39, 0.29) is 5.91 Å². The summed E-state index contributed by atoms with van der Waals surface area (Å²) in [6, 6.07) is 10.6. The van der Waals surface area contributed by atoms with Crippen LogP contribution in [0.25, 0.3) is 22.6 Å². The first kappa shape index (κ1) is 15.8. The maximum atomic E-state index is 12.4. The molecule has 3 aromatic heterocycles. The molecule has 1 amide bonds. The lowest BCUT2D eigenvalue weighted by Crippen LogP contribution is -2.12. The van der Waals surface area contributed by atoms with Crippen LogP contribution in [0.4, 0.5) is 5.69 Å². The van der Waals surface area contributed by atoms with Crippen molar-refractivity contribution in [1.29, 1.82) is 0 Å². The standard InChI is InChI=1S/C19H14N4O3/c1-25-15-7-13(10-21-11-15)18(24)22-14-4-5-17-16(8-14)23-19(26-17)12-3-2-6-20-9-12/h2-11H,1H3,(H,22,24). The van der Waals surface area contributed by atoms with Crippen LogP contribution in [-0.4, -0.2) is 28.0 Å². The average molecular weight is 346 g/mol. The molecule has 7 nitrogen and oxygen atoms in total. The zero-order valence-corrected chi connectivity index (χ0v) is 13.8. The molecule has 4 rings (SSSR count). The minimum atomic E-state index is -0.285. The molecule has 0 aliphatic rings. The summed E-state index contributed by atoms with van der Waals surface area (Å²) in [6.07, 6.45) is 6.39. The first-order valence-corrected chi connectivity index (χ1v) is 7.84. The van der Waals surface area contributed by atoms with Crippen molar-refractivity contribution in [3.05, 3.63) is 66.7 Å². The smallest absolute Gasteiger partial charge is 0.257 e. The molecule has 3 heterocycles. The molecule has 0 spiro atoms. The van der Waals surface area contributed by atoms with E-state index in [0.717, 1.165) is 5.56 Å². The van der Waals surface area contributed by atoms with Crippen molar-refractivity contribution in [2.75, 3.05) is 12.4 Å². The molecule has 0 fully saturated rings. The lowest BCUT2D eigenvalue weighted by molar-refractivity contribution is 0.102. The van der Waals surface area contributed by atoms with Gasteiger partial charge in [-0.05, 0) is 36.4 Å². The summed E-state index contributed by atoms with van der Waals surface area (Å²) < 4.78 is 10.8. The van der Waals surface area contributed by atoms with E-state index < -0.39 is 0 Å². The molecular formula is C19H14N4O3.